The fraction of sp³-hybridized carbons (Fsp3) is 0.957. The summed E-state index contributed by atoms with van der Waals surface area (Å²) in [6.45, 7) is 16.0. The normalized spacial score (nSPS) is 29.4. The Morgan fingerprint density at radius 2 is 1.60 bits per heavy atom. The highest BCUT2D eigenvalue weighted by molar-refractivity contribution is 8.69. The highest BCUT2D eigenvalue weighted by atomic mass is 33.1. The molecular formula is C23H41N3O2S2. The molecule has 30 heavy (non-hydrogen) atoms. The molecule has 0 spiro atoms. The molecule has 2 saturated heterocycles. The molecule has 0 unspecified atom stereocenters. The lowest BCUT2D eigenvalue weighted by Crippen LogP contribution is -2.52. The smallest absolute Gasteiger partial charge is 0.118 e. The zero-order valence-corrected chi connectivity index (χ0v) is 21.2. The highest BCUT2D eigenvalue weighted by Gasteiger charge is 2.40. The summed E-state index contributed by atoms with van der Waals surface area (Å²) < 4.78 is 12.4. The Kier molecular flexibility index (Phi) is 8.13. The van der Waals surface area contributed by atoms with Crippen LogP contribution < -0.4 is 0 Å². The number of ether oxygens (including phenoxy) is 2. The molecule has 0 aromatic carbocycles. The molecular weight excluding hydrogens is 414 g/mol. The number of thiol groups is 1. The van der Waals surface area contributed by atoms with E-state index in [1.165, 1.54) is 10.8 Å². The lowest BCUT2D eigenvalue weighted by Gasteiger charge is -2.46. The van der Waals surface area contributed by atoms with Crippen LogP contribution in [0.2, 0.25) is 0 Å². The van der Waals surface area contributed by atoms with Crippen LogP contribution in [0.5, 0.6) is 0 Å². The van der Waals surface area contributed by atoms with E-state index in [4.69, 9.17) is 9.47 Å². The number of likely N-dealkylation sites (tertiary alicyclic amines) is 2. The van der Waals surface area contributed by atoms with Gasteiger partial charge < -0.3 is 14.4 Å². The fourth-order valence-corrected chi connectivity index (χ4v) is 5.27. The minimum absolute atomic E-state index is 0.175. The molecule has 3 aliphatic rings. The van der Waals surface area contributed by atoms with Crippen LogP contribution in [0.15, 0.2) is 0 Å². The third-order valence-corrected chi connectivity index (χ3v) is 8.93. The van der Waals surface area contributed by atoms with E-state index < -0.39 is 0 Å². The fourth-order valence-electron chi connectivity index (χ4n) is 4.96. The molecule has 2 heterocycles. The van der Waals surface area contributed by atoms with Crippen molar-refractivity contribution in [2.24, 2.45) is 5.41 Å². The molecule has 0 amide bonds. The second-order valence-electron chi connectivity index (χ2n) is 11.0. The van der Waals surface area contributed by atoms with Gasteiger partial charge in [0.25, 0.3) is 0 Å². The molecule has 3 fully saturated rings. The van der Waals surface area contributed by atoms with Gasteiger partial charge in [-0.3, -0.25) is 4.90 Å². The number of nitriles is 1. The zero-order valence-electron chi connectivity index (χ0n) is 19.5. The third kappa shape index (κ3) is 6.52. The van der Waals surface area contributed by atoms with Gasteiger partial charge in [-0.25, -0.2) is 0 Å². The lowest BCUT2D eigenvalue weighted by molar-refractivity contribution is -0.152. The van der Waals surface area contributed by atoms with Crippen LogP contribution in [-0.2, 0) is 9.47 Å². The highest BCUT2D eigenvalue weighted by Crippen LogP contribution is 2.38. The van der Waals surface area contributed by atoms with Gasteiger partial charge in [0.1, 0.15) is 4.93 Å². The zero-order chi connectivity index (χ0) is 22.0. The summed E-state index contributed by atoms with van der Waals surface area (Å²) in [5, 5.41) is 9.96. The van der Waals surface area contributed by atoms with Crippen LogP contribution in [0.3, 0.4) is 0 Å². The molecule has 2 aliphatic heterocycles. The number of hydrogen-bond donors (Lipinski definition) is 1. The Hall–Kier alpha value is 0.0300. The largest absolute Gasteiger partial charge is 0.375 e. The summed E-state index contributed by atoms with van der Waals surface area (Å²) in [5.74, 6) is 0. The van der Waals surface area contributed by atoms with Gasteiger partial charge in [0.15, 0.2) is 0 Å². The molecule has 1 aliphatic carbocycles. The summed E-state index contributed by atoms with van der Waals surface area (Å²) in [5.41, 5.74) is 0.0238. The molecule has 0 N–H and O–H groups in total. The SMILES string of the molecule is CC(C)(OC1CC(OC2CCN(CC3(C#N)CCN(C(C)(C)C)CC3)CC2)C1)SS. The summed E-state index contributed by atoms with van der Waals surface area (Å²) >= 11 is 4.29. The standard InChI is InChI=1S/C23H41N3O2S2/c1-21(2,3)26-12-8-23(16-24,9-13-26)17-25-10-6-18(7-11-25)27-19-14-20(15-19)28-22(4,5)30-29/h18-20,29H,6-15,17H2,1-5H3. The molecule has 0 aromatic rings. The first-order valence-electron chi connectivity index (χ1n) is 11.6. The Labute approximate surface area is 193 Å². The maximum atomic E-state index is 9.96. The van der Waals surface area contributed by atoms with Crippen molar-refractivity contribution in [3.05, 3.63) is 0 Å². The average molecular weight is 456 g/mol. The van der Waals surface area contributed by atoms with Crippen LogP contribution in [0.4, 0.5) is 0 Å². The van der Waals surface area contributed by atoms with Crippen molar-refractivity contribution < 1.29 is 9.47 Å². The van der Waals surface area contributed by atoms with Crippen LogP contribution >= 0.6 is 22.5 Å². The summed E-state index contributed by atoms with van der Waals surface area (Å²) in [7, 11) is 1.46. The molecule has 7 heteroatoms. The van der Waals surface area contributed by atoms with E-state index in [0.717, 1.165) is 71.2 Å². The molecule has 0 atom stereocenters. The first-order valence-corrected chi connectivity index (χ1v) is 13.5. The van der Waals surface area contributed by atoms with E-state index in [-0.39, 0.29) is 15.9 Å². The van der Waals surface area contributed by atoms with Gasteiger partial charge in [-0.05, 0) is 60.3 Å². The topological polar surface area (TPSA) is 48.7 Å². The predicted octanol–water partition coefficient (Wildman–Crippen LogP) is 4.73. The van der Waals surface area contributed by atoms with Crippen LogP contribution in [0.1, 0.15) is 73.1 Å². The molecule has 1 saturated carbocycles. The monoisotopic (exact) mass is 455 g/mol. The van der Waals surface area contributed by atoms with Crippen LogP contribution in [-0.4, -0.2) is 71.3 Å². The second-order valence-corrected chi connectivity index (χ2v) is 12.7. The van der Waals surface area contributed by atoms with Crippen molar-refractivity contribution in [1.29, 1.82) is 5.26 Å². The van der Waals surface area contributed by atoms with E-state index in [0.29, 0.717) is 18.3 Å². The molecule has 5 nitrogen and oxygen atoms in total. The number of rotatable bonds is 7. The van der Waals surface area contributed by atoms with Gasteiger partial charge in [0.2, 0.25) is 0 Å². The first kappa shape index (κ1) is 24.7. The Bertz CT molecular complexity index is 595. The van der Waals surface area contributed by atoms with E-state index in [2.05, 4.69) is 62.1 Å². The Morgan fingerprint density at radius 1 is 1.00 bits per heavy atom. The molecule has 0 bridgehead atoms. The third-order valence-electron chi connectivity index (χ3n) is 7.07. The molecule has 172 valence electrons. The average Bonchev–Trinajstić information content (AvgIpc) is 2.67. The van der Waals surface area contributed by atoms with E-state index >= 15 is 0 Å². The molecule has 0 aromatic heterocycles. The molecule has 0 radical (unpaired) electrons. The van der Waals surface area contributed by atoms with Gasteiger partial charge in [-0.2, -0.15) is 5.26 Å². The van der Waals surface area contributed by atoms with Crippen molar-refractivity contribution in [3.8, 4) is 6.07 Å². The van der Waals surface area contributed by atoms with Gasteiger partial charge in [0.05, 0.1) is 29.8 Å². The Balaban J connectivity index is 1.36. The first-order chi connectivity index (χ1) is 14.0. The van der Waals surface area contributed by atoms with Crippen LogP contribution in [0.25, 0.3) is 0 Å². The number of nitrogens with zero attached hydrogens (tertiary/aromatic N) is 3. The lowest BCUT2D eigenvalue weighted by atomic mass is 9.78. The molecule has 3 rings (SSSR count). The van der Waals surface area contributed by atoms with E-state index in [9.17, 15) is 5.26 Å². The van der Waals surface area contributed by atoms with E-state index in [1.807, 2.05) is 0 Å². The van der Waals surface area contributed by atoms with Crippen molar-refractivity contribution in [2.75, 3.05) is 32.7 Å². The van der Waals surface area contributed by atoms with Crippen molar-refractivity contribution in [1.82, 2.24) is 9.80 Å². The van der Waals surface area contributed by atoms with Crippen LogP contribution in [0, 0.1) is 16.7 Å². The van der Waals surface area contributed by atoms with Crippen molar-refractivity contribution in [3.63, 3.8) is 0 Å². The predicted molar refractivity (Wildman–Crippen MR) is 128 cm³/mol. The Morgan fingerprint density at radius 3 is 2.10 bits per heavy atom. The van der Waals surface area contributed by atoms with Gasteiger partial charge in [-0.1, -0.05) is 10.8 Å². The maximum Gasteiger partial charge on any atom is 0.118 e. The summed E-state index contributed by atoms with van der Waals surface area (Å²) in [6.07, 6.45) is 7.15. The summed E-state index contributed by atoms with van der Waals surface area (Å²) in [6, 6.07) is 2.71. The van der Waals surface area contributed by atoms with Crippen molar-refractivity contribution >= 4 is 22.5 Å². The number of piperidine rings is 2. The minimum atomic E-state index is -0.232. The summed E-state index contributed by atoms with van der Waals surface area (Å²) in [4.78, 5) is 4.80. The number of hydrogen-bond acceptors (Lipinski definition) is 7. The van der Waals surface area contributed by atoms with E-state index in [1.54, 1.807) is 0 Å². The second kappa shape index (κ2) is 9.89. The van der Waals surface area contributed by atoms with Crippen molar-refractivity contribution in [2.45, 2.75) is 102 Å². The van der Waals surface area contributed by atoms with Gasteiger partial charge in [-0.15, -0.1) is 11.7 Å². The quantitative estimate of drug-likeness (QED) is 0.340. The van der Waals surface area contributed by atoms with Gasteiger partial charge >= 0.3 is 0 Å². The minimum Gasteiger partial charge on any atom is -0.375 e. The maximum absolute atomic E-state index is 9.96. The van der Waals surface area contributed by atoms with Gasteiger partial charge in [0, 0.05) is 51.1 Å².